The molecular weight excluding hydrogens is 504 g/mol. The van der Waals surface area contributed by atoms with E-state index in [1.54, 1.807) is 0 Å². The average Bonchev–Trinajstić information content (AvgIpc) is 3.04. The van der Waals surface area contributed by atoms with Crippen molar-refractivity contribution in [3.63, 3.8) is 0 Å². The first-order valence-corrected chi connectivity index (χ1v) is 14.8. The minimum absolute atomic E-state index is 0.0421. The minimum Gasteiger partial charge on any atom is -0.0622 e. The summed E-state index contributed by atoms with van der Waals surface area (Å²) < 4.78 is 0. The molecule has 0 heterocycles. The summed E-state index contributed by atoms with van der Waals surface area (Å²) >= 11 is 0. The molecule has 0 radical (unpaired) electrons. The fraction of sp³-hybridized carbons (Fsp3) is 0.0952. The molecule has 0 aliphatic heterocycles. The van der Waals surface area contributed by atoms with E-state index in [1.807, 2.05) is 0 Å². The van der Waals surface area contributed by atoms with Gasteiger partial charge in [-0.2, -0.15) is 0 Å². The maximum Gasteiger partial charge on any atom is -0.00261 e. The summed E-state index contributed by atoms with van der Waals surface area (Å²) in [6.45, 7) is 6.90. The van der Waals surface area contributed by atoms with Gasteiger partial charge in [0.25, 0.3) is 0 Å². The Morgan fingerprint density at radius 1 is 0.310 bits per heavy atom. The quantitative estimate of drug-likeness (QED) is 0.196. The first kappa shape index (κ1) is 26.0. The number of rotatable bonds is 4. The number of hydrogen-bond acceptors (Lipinski definition) is 0. The summed E-state index contributed by atoms with van der Waals surface area (Å²) in [5.41, 5.74) is 11.4. The van der Waals surface area contributed by atoms with Gasteiger partial charge in [0.2, 0.25) is 0 Å². The van der Waals surface area contributed by atoms with Crippen molar-refractivity contribution in [3.8, 4) is 44.5 Å². The van der Waals surface area contributed by atoms with E-state index in [-0.39, 0.29) is 5.41 Å². The SMILES string of the molecule is CC(C)(C)c1ccc2c(-c3ccc(-c4ccccc4)cc3)c3ccccc3c(-c3cccc(-c4ccccc4)c3)c2c1. The van der Waals surface area contributed by atoms with Crippen LogP contribution in [0, 0.1) is 0 Å². The van der Waals surface area contributed by atoms with Gasteiger partial charge in [0.15, 0.2) is 0 Å². The van der Waals surface area contributed by atoms with Crippen molar-refractivity contribution in [1.29, 1.82) is 0 Å². The summed E-state index contributed by atoms with van der Waals surface area (Å²) in [4.78, 5) is 0. The molecule has 42 heavy (non-hydrogen) atoms. The van der Waals surface area contributed by atoms with Gasteiger partial charge in [0.1, 0.15) is 0 Å². The highest BCUT2D eigenvalue weighted by molar-refractivity contribution is 6.21. The molecule has 7 rings (SSSR count). The zero-order valence-electron chi connectivity index (χ0n) is 24.4. The Kier molecular flexibility index (Phi) is 6.48. The van der Waals surface area contributed by atoms with Crippen LogP contribution in [-0.2, 0) is 5.41 Å². The van der Waals surface area contributed by atoms with E-state index < -0.39 is 0 Å². The van der Waals surface area contributed by atoms with E-state index in [9.17, 15) is 0 Å². The third-order valence-corrected chi connectivity index (χ3v) is 8.43. The second-order valence-corrected chi connectivity index (χ2v) is 12.2. The van der Waals surface area contributed by atoms with Crippen molar-refractivity contribution >= 4 is 21.5 Å². The molecule has 0 spiro atoms. The molecule has 202 valence electrons. The molecule has 0 aliphatic rings. The van der Waals surface area contributed by atoms with E-state index in [0.717, 1.165) is 0 Å². The number of hydrogen-bond donors (Lipinski definition) is 0. The first-order chi connectivity index (χ1) is 20.5. The molecule has 0 heteroatoms. The molecule has 7 aromatic carbocycles. The van der Waals surface area contributed by atoms with Gasteiger partial charge < -0.3 is 0 Å². The maximum atomic E-state index is 2.44. The standard InChI is InChI=1S/C42H34/c1-42(2,3)35-25-26-38-39(28-35)41(34-18-12-17-33(27-34)30-15-8-5-9-16-30)37-20-11-10-19-36(37)40(38)32-23-21-31(22-24-32)29-13-6-4-7-14-29/h4-28H,1-3H3. The van der Waals surface area contributed by atoms with Gasteiger partial charge in [0, 0.05) is 0 Å². The number of fused-ring (bicyclic) bond motifs is 2. The molecule has 0 saturated heterocycles. The third kappa shape index (κ3) is 4.70. The monoisotopic (exact) mass is 538 g/mol. The van der Waals surface area contributed by atoms with Gasteiger partial charge >= 0.3 is 0 Å². The molecule has 0 bridgehead atoms. The minimum atomic E-state index is 0.0421. The predicted molar refractivity (Wildman–Crippen MR) is 182 cm³/mol. The molecule has 0 saturated carbocycles. The van der Waals surface area contributed by atoms with Crippen molar-refractivity contribution in [1.82, 2.24) is 0 Å². The second-order valence-electron chi connectivity index (χ2n) is 12.2. The molecular formula is C42H34. The summed E-state index contributed by atoms with van der Waals surface area (Å²) in [6.07, 6.45) is 0. The lowest BCUT2D eigenvalue weighted by Crippen LogP contribution is -2.10. The second kappa shape index (κ2) is 10.5. The van der Waals surface area contributed by atoms with Crippen LogP contribution >= 0.6 is 0 Å². The van der Waals surface area contributed by atoms with E-state index in [2.05, 4.69) is 172 Å². The van der Waals surface area contributed by atoms with Crippen molar-refractivity contribution < 1.29 is 0 Å². The third-order valence-electron chi connectivity index (χ3n) is 8.43. The molecule has 0 amide bonds. The summed E-state index contributed by atoms with van der Waals surface area (Å²) in [5, 5.41) is 5.15. The predicted octanol–water partition coefficient (Wildman–Crippen LogP) is 12.0. The van der Waals surface area contributed by atoms with Crippen molar-refractivity contribution in [2.75, 3.05) is 0 Å². The van der Waals surface area contributed by atoms with Gasteiger partial charge in [0.05, 0.1) is 0 Å². The van der Waals surface area contributed by atoms with Crippen LogP contribution in [0.4, 0.5) is 0 Å². The Hall–Kier alpha value is -4.94. The average molecular weight is 539 g/mol. The molecule has 0 nitrogen and oxygen atoms in total. The van der Waals surface area contributed by atoms with Gasteiger partial charge in [-0.3, -0.25) is 0 Å². The summed E-state index contributed by atoms with van der Waals surface area (Å²) in [5.74, 6) is 0. The van der Waals surface area contributed by atoms with E-state index in [4.69, 9.17) is 0 Å². The normalized spacial score (nSPS) is 11.7. The summed E-state index contributed by atoms with van der Waals surface area (Å²) in [6, 6.07) is 55.5. The lowest BCUT2D eigenvalue weighted by Gasteiger charge is -2.23. The largest absolute Gasteiger partial charge is 0.0622 e. The van der Waals surface area contributed by atoms with E-state index >= 15 is 0 Å². The lowest BCUT2D eigenvalue weighted by molar-refractivity contribution is 0.591. The zero-order valence-corrected chi connectivity index (χ0v) is 24.4. The number of benzene rings is 7. The Morgan fingerprint density at radius 3 is 1.38 bits per heavy atom. The highest BCUT2D eigenvalue weighted by Crippen LogP contribution is 2.45. The van der Waals surface area contributed by atoms with Crippen LogP contribution in [0.5, 0.6) is 0 Å². The molecule has 0 unspecified atom stereocenters. The van der Waals surface area contributed by atoms with Crippen LogP contribution in [0.3, 0.4) is 0 Å². The first-order valence-electron chi connectivity index (χ1n) is 14.8. The molecule has 0 aromatic heterocycles. The highest BCUT2D eigenvalue weighted by atomic mass is 14.2. The van der Waals surface area contributed by atoms with Gasteiger partial charge in [-0.05, 0) is 89.2 Å². The van der Waals surface area contributed by atoms with Crippen molar-refractivity contribution in [2.24, 2.45) is 0 Å². The van der Waals surface area contributed by atoms with E-state index in [0.29, 0.717) is 0 Å². The molecule has 0 atom stereocenters. The molecule has 0 fully saturated rings. The van der Waals surface area contributed by atoms with Crippen LogP contribution < -0.4 is 0 Å². The van der Waals surface area contributed by atoms with Gasteiger partial charge in [-0.25, -0.2) is 0 Å². The smallest absolute Gasteiger partial charge is 0.00261 e. The Morgan fingerprint density at radius 2 is 0.762 bits per heavy atom. The molecule has 0 N–H and O–H groups in total. The molecule has 7 aromatic rings. The molecule has 0 aliphatic carbocycles. The Balaban J connectivity index is 1.52. The van der Waals surface area contributed by atoms with E-state index in [1.165, 1.54) is 71.6 Å². The van der Waals surface area contributed by atoms with Crippen molar-refractivity contribution in [2.45, 2.75) is 26.2 Å². The van der Waals surface area contributed by atoms with Gasteiger partial charge in [-0.15, -0.1) is 0 Å². The fourth-order valence-electron chi connectivity index (χ4n) is 6.21. The Labute approximate surface area is 248 Å². The summed E-state index contributed by atoms with van der Waals surface area (Å²) in [7, 11) is 0. The topological polar surface area (TPSA) is 0 Å². The van der Waals surface area contributed by atoms with Crippen molar-refractivity contribution in [3.05, 3.63) is 157 Å². The van der Waals surface area contributed by atoms with Crippen LogP contribution in [0.15, 0.2) is 152 Å². The highest BCUT2D eigenvalue weighted by Gasteiger charge is 2.20. The van der Waals surface area contributed by atoms with Gasteiger partial charge in [-0.1, -0.05) is 160 Å². The lowest BCUT2D eigenvalue weighted by atomic mass is 9.81. The van der Waals surface area contributed by atoms with Crippen LogP contribution in [-0.4, -0.2) is 0 Å². The van der Waals surface area contributed by atoms with Crippen LogP contribution in [0.1, 0.15) is 26.3 Å². The zero-order chi connectivity index (χ0) is 28.7. The van der Waals surface area contributed by atoms with Crippen LogP contribution in [0.2, 0.25) is 0 Å². The Bertz CT molecular complexity index is 2020. The van der Waals surface area contributed by atoms with Crippen LogP contribution in [0.25, 0.3) is 66.1 Å². The maximum absolute atomic E-state index is 2.44. The fourth-order valence-corrected chi connectivity index (χ4v) is 6.21.